The molecule has 22 heavy (non-hydrogen) atoms. The molecule has 0 atom stereocenters. The molecule has 1 aromatic carbocycles. The van der Waals surface area contributed by atoms with E-state index in [1.165, 1.54) is 12.8 Å². The van der Waals surface area contributed by atoms with Crippen LogP contribution in [-0.4, -0.2) is 18.4 Å². The maximum absolute atomic E-state index is 12.4. The van der Waals surface area contributed by atoms with Gasteiger partial charge >= 0.3 is 0 Å². The van der Waals surface area contributed by atoms with Crippen molar-refractivity contribution in [3.63, 3.8) is 0 Å². The van der Waals surface area contributed by atoms with Crippen LogP contribution in [0, 0.1) is 5.92 Å². The molecule has 1 heterocycles. The van der Waals surface area contributed by atoms with E-state index in [9.17, 15) is 9.59 Å². The van der Waals surface area contributed by atoms with E-state index < -0.39 is 0 Å². The van der Waals surface area contributed by atoms with Crippen molar-refractivity contribution in [2.45, 2.75) is 51.4 Å². The Kier molecular flexibility index (Phi) is 4.76. The summed E-state index contributed by atoms with van der Waals surface area (Å²) in [5, 5.41) is 3.04. The standard InChI is InChI=1S/C18H24N2O2/c21-17-11-6-12-20(17)16-10-5-9-15(13-16)19-18(22)14-7-3-1-2-4-8-14/h5,9-10,13-14H,1-4,6-8,11-12H2,(H,19,22). The van der Waals surface area contributed by atoms with Crippen molar-refractivity contribution < 1.29 is 9.59 Å². The van der Waals surface area contributed by atoms with E-state index in [0.717, 1.165) is 50.0 Å². The lowest BCUT2D eigenvalue weighted by atomic mass is 9.99. The van der Waals surface area contributed by atoms with Crippen molar-refractivity contribution >= 4 is 23.2 Å². The minimum atomic E-state index is 0.131. The van der Waals surface area contributed by atoms with Crippen LogP contribution in [0.25, 0.3) is 0 Å². The molecule has 1 aromatic rings. The Morgan fingerprint density at radius 3 is 2.55 bits per heavy atom. The SMILES string of the molecule is O=C(Nc1cccc(N2CCCC2=O)c1)C1CCCCCC1. The summed E-state index contributed by atoms with van der Waals surface area (Å²) in [5.74, 6) is 0.443. The molecule has 0 aromatic heterocycles. The summed E-state index contributed by atoms with van der Waals surface area (Å²) in [4.78, 5) is 26.1. The molecule has 1 saturated carbocycles. The van der Waals surface area contributed by atoms with Crippen molar-refractivity contribution in [1.82, 2.24) is 0 Å². The van der Waals surface area contributed by atoms with Crippen molar-refractivity contribution in [2.75, 3.05) is 16.8 Å². The summed E-state index contributed by atoms with van der Waals surface area (Å²) >= 11 is 0. The summed E-state index contributed by atoms with van der Waals surface area (Å²) < 4.78 is 0. The predicted octanol–water partition coefficient (Wildman–Crippen LogP) is 3.72. The molecule has 1 aliphatic carbocycles. The summed E-state index contributed by atoms with van der Waals surface area (Å²) in [6.07, 6.45) is 8.33. The van der Waals surface area contributed by atoms with Crippen LogP contribution in [0.15, 0.2) is 24.3 Å². The Hall–Kier alpha value is -1.84. The predicted molar refractivity (Wildman–Crippen MR) is 87.9 cm³/mol. The van der Waals surface area contributed by atoms with E-state index in [1.54, 1.807) is 4.90 Å². The summed E-state index contributed by atoms with van der Waals surface area (Å²) in [6, 6.07) is 7.66. The molecule has 2 aliphatic rings. The van der Waals surface area contributed by atoms with Gasteiger partial charge in [0.2, 0.25) is 11.8 Å². The molecule has 3 rings (SSSR count). The molecular weight excluding hydrogens is 276 g/mol. The number of hydrogen-bond donors (Lipinski definition) is 1. The average Bonchev–Trinajstić information content (AvgIpc) is 2.78. The smallest absolute Gasteiger partial charge is 0.227 e. The Morgan fingerprint density at radius 1 is 1.09 bits per heavy atom. The zero-order chi connectivity index (χ0) is 15.4. The number of benzene rings is 1. The van der Waals surface area contributed by atoms with Crippen molar-refractivity contribution in [1.29, 1.82) is 0 Å². The molecule has 118 valence electrons. The quantitative estimate of drug-likeness (QED) is 0.865. The van der Waals surface area contributed by atoms with E-state index in [-0.39, 0.29) is 17.7 Å². The highest BCUT2D eigenvalue weighted by Gasteiger charge is 2.23. The van der Waals surface area contributed by atoms with Gasteiger partial charge in [-0.3, -0.25) is 9.59 Å². The second kappa shape index (κ2) is 6.95. The molecule has 1 N–H and O–H groups in total. The van der Waals surface area contributed by atoms with Gasteiger partial charge in [0.1, 0.15) is 0 Å². The summed E-state index contributed by atoms with van der Waals surface area (Å²) in [6.45, 7) is 0.777. The Morgan fingerprint density at radius 2 is 1.86 bits per heavy atom. The van der Waals surface area contributed by atoms with Gasteiger partial charge in [-0.15, -0.1) is 0 Å². The van der Waals surface area contributed by atoms with Crippen LogP contribution in [0.5, 0.6) is 0 Å². The number of hydrogen-bond acceptors (Lipinski definition) is 2. The fourth-order valence-electron chi connectivity index (χ4n) is 3.46. The number of nitrogens with one attached hydrogen (secondary N) is 1. The second-order valence-corrected chi connectivity index (χ2v) is 6.38. The number of anilines is 2. The highest BCUT2D eigenvalue weighted by molar-refractivity contribution is 5.97. The van der Waals surface area contributed by atoms with Gasteiger partial charge in [-0.25, -0.2) is 0 Å². The maximum Gasteiger partial charge on any atom is 0.227 e. The minimum Gasteiger partial charge on any atom is -0.326 e. The fourth-order valence-corrected chi connectivity index (χ4v) is 3.46. The zero-order valence-corrected chi connectivity index (χ0v) is 13.0. The molecule has 2 amide bonds. The lowest BCUT2D eigenvalue weighted by Gasteiger charge is -2.18. The molecule has 1 aliphatic heterocycles. The second-order valence-electron chi connectivity index (χ2n) is 6.38. The van der Waals surface area contributed by atoms with Gasteiger partial charge in [-0.2, -0.15) is 0 Å². The molecule has 4 heteroatoms. The number of carbonyl (C=O) groups excluding carboxylic acids is 2. The summed E-state index contributed by atoms with van der Waals surface area (Å²) in [5.41, 5.74) is 1.69. The molecule has 1 saturated heterocycles. The lowest BCUT2D eigenvalue weighted by molar-refractivity contribution is -0.120. The van der Waals surface area contributed by atoms with E-state index >= 15 is 0 Å². The first-order valence-corrected chi connectivity index (χ1v) is 8.45. The van der Waals surface area contributed by atoms with Gasteiger partial charge in [-0.1, -0.05) is 31.7 Å². The fraction of sp³-hybridized carbons (Fsp3) is 0.556. The van der Waals surface area contributed by atoms with Gasteiger partial charge in [-0.05, 0) is 37.5 Å². The van der Waals surface area contributed by atoms with Crippen LogP contribution < -0.4 is 10.2 Å². The highest BCUT2D eigenvalue weighted by atomic mass is 16.2. The van der Waals surface area contributed by atoms with E-state index in [4.69, 9.17) is 0 Å². The molecular formula is C18H24N2O2. The molecule has 4 nitrogen and oxygen atoms in total. The first-order valence-electron chi connectivity index (χ1n) is 8.45. The summed E-state index contributed by atoms with van der Waals surface area (Å²) in [7, 11) is 0. The Bertz CT molecular complexity index is 548. The molecule has 0 radical (unpaired) electrons. The van der Waals surface area contributed by atoms with Gasteiger partial charge < -0.3 is 10.2 Å². The van der Waals surface area contributed by atoms with Crippen LogP contribution in [0.2, 0.25) is 0 Å². The molecule has 0 spiro atoms. The van der Waals surface area contributed by atoms with Crippen LogP contribution in [-0.2, 0) is 9.59 Å². The normalized spacial score (nSPS) is 20.0. The van der Waals surface area contributed by atoms with E-state index in [0.29, 0.717) is 6.42 Å². The Balaban J connectivity index is 1.67. The van der Waals surface area contributed by atoms with Crippen LogP contribution in [0.1, 0.15) is 51.4 Å². The van der Waals surface area contributed by atoms with Gasteiger partial charge in [0.15, 0.2) is 0 Å². The molecule has 2 fully saturated rings. The van der Waals surface area contributed by atoms with Crippen molar-refractivity contribution in [3.8, 4) is 0 Å². The third-order valence-electron chi connectivity index (χ3n) is 4.72. The lowest BCUT2D eigenvalue weighted by Crippen LogP contribution is -2.25. The topological polar surface area (TPSA) is 49.4 Å². The third kappa shape index (κ3) is 3.49. The van der Waals surface area contributed by atoms with E-state index in [1.807, 2.05) is 24.3 Å². The van der Waals surface area contributed by atoms with Gasteiger partial charge in [0, 0.05) is 30.3 Å². The first kappa shape index (κ1) is 15.1. The van der Waals surface area contributed by atoms with Gasteiger partial charge in [0.05, 0.1) is 0 Å². The molecule has 0 bridgehead atoms. The number of amides is 2. The van der Waals surface area contributed by atoms with Crippen LogP contribution in [0.4, 0.5) is 11.4 Å². The number of nitrogens with zero attached hydrogens (tertiary/aromatic N) is 1. The number of carbonyl (C=O) groups is 2. The van der Waals surface area contributed by atoms with E-state index in [2.05, 4.69) is 5.32 Å². The number of rotatable bonds is 3. The Labute approximate surface area is 131 Å². The maximum atomic E-state index is 12.4. The monoisotopic (exact) mass is 300 g/mol. The average molecular weight is 300 g/mol. The zero-order valence-electron chi connectivity index (χ0n) is 13.0. The largest absolute Gasteiger partial charge is 0.326 e. The van der Waals surface area contributed by atoms with Crippen molar-refractivity contribution in [2.24, 2.45) is 5.92 Å². The molecule has 0 unspecified atom stereocenters. The minimum absolute atomic E-state index is 0.131. The van der Waals surface area contributed by atoms with Gasteiger partial charge in [0.25, 0.3) is 0 Å². The van der Waals surface area contributed by atoms with Crippen LogP contribution in [0.3, 0.4) is 0 Å². The van der Waals surface area contributed by atoms with Crippen molar-refractivity contribution in [3.05, 3.63) is 24.3 Å². The first-order chi connectivity index (χ1) is 10.7. The third-order valence-corrected chi connectivity index (χ3v) is 4.72. The highest BCUT2D eigenvalue weighted by Crippen LogP contribution is 2.27. The van der Waals surface area contributed by atoms with Crippen LogP contribution >= 0.6 is 0 Å².